The molecule has 0 saturated carbocycles. The first-order chi connectivity index (χ1) is 11.4. The zero-order chi connectivity index (χ0) is 17.7. The number of nitrogens with zero attached hydrogens (tertiary/aromatic N) is 3. The third-order valence-corrected chi connectivity index (χ3v) is 5.14. The van der Waals surface area contributed by atoms with Crippen LogP contribution in [-0.2, 0) is 12.0 Å². The van der Waals surface area contributed by atoms with Crippen LogP contribution in [0.15, 0.2) is 15.6 Å². The Labute approximate surface area is 146 Å². The van der Waals surface area contributed by atoms with Gasteiger partial charge in [0.05, 0.1) is 12.7 Å². The van der Waals surface area contributed by atoms with E-state index in [4.69, 9.17) is 4.42 Å². The summed E-state index contributed by atoms with van der Waals surface area (Å²) in [6.07, 6.45) is 5.64. The van der Waals surface area contributed by atoms with Crippen molar-refractivity contribution in [3.63, 3.8) is 0 Å². The van der Waals surface area contributed by atoms with Gasteiger partial charge in [0, 0.05) is 25.6 Å². The molecule has 0 aliphatic carbocycles. The number of guanidine groups is 1. The highest BCUT2D eigenvalue weighted by Crippen LogP contribution is 2.28. The molecule has 0 radical (unpaired) electrons. The Bertz CT molecular complexity index is 540. The standard InChI is InChI=1S/C19H34N4O/c1-7-14(8-2)15-9-10-23(13-15)18(20-6)22-12-17-21-11-16(24-17)19(3,4)5/h11,14-15H,7-10,12-13H2,1-6H3,(H,20,22). The molecule has 1 aliphatic heterocycles. The molecule has 1 aliphatic rings. The molecule has 1 unspecified atom stereocenters. The molecule has 0 spiro atoms. The maximum Gasteiger partial charge on any atom is 0.213 e. The van der Waals surface area contributed by atoms with Crippen molar-refractivity contribution in [2.75, 3.05) is 20.1 Å². The van der Waals surface area contributed by atoms with Gasteiger partial charge < -0.3 is 14.6 Å². The fraction of sp³-hybridized carbons (Fsp3) is 0.789. The van der Waals surface area contributed by atoms with Gasteiger partial charge >= 0.3 is 0 Å². The largest absolute Gasteiger partial charge is 0.443 e. The van der Waals surface area contributed by atoms with Crippen molar-refractivity contribution in [2.45, 2.75) is 65.8 Å². The molecule has 2 rings (SSSR count). The van der Waals surface area contributed by atoms with Gasteiger partial charge in [0.1, 0.15) is 5.76 Å². The minimum atomic E-state index is -0.00951. The van der Waals surface area contributed by atoms with E-state index in [2.05, 4.69) is 54.8 Å². The second kappa shape index (κ2) is 8.04. The fourth-order valence-corrected chi connectivity index (χ4v) is 3.55. The van der Waals surface area contributed by atoms with E-state index in [0.29, 0.717) is 6.54 Å². The number of oxazole rings is 1. The molecule has 1 fully saturated rings. The van der Waals surface area contributed by atoms with Crippen molar-refractivity contribution in [1.82, 2.24) is 15.2 Å². The van der Waals surface area contributed by atoms with Crippen molar-refractivity contribution in [3.05, 3.63) is 17.8 Å². The van der Waals surface area contributed by atoms with Gasteiger partial charge in [0.15, 0.2) is 5.96 Å². The maximum absolute atomic E-state index is 5.85. The van der Waals surface area contributed by atoms with Crippen LogP contribution in [-0.4, -0.2) is 36.0 Å². The van der Waals surface area contributed by atoms with Gasteiger partial charge in [-0.1, -0.05) is 47.5 Å². The van der Waals surface area contributed by atoms with E-state index in [-0.39, 0.29) is 5.41 Å². The summed E-state index contributed by atoms with van der Waals surface area (Å²) >= 11 is 0. The summed E-state index contributed by atoms with van der Waals surface area (Å²) in [5.41, 5.74) is -0.00951. The summed E-state index contributed by atoms with van der Waals surface area (Å²) in [6, 6.07) is 0. The van der Waals surface area contributed by atoms with Gasteiger partial charge in [-0.2, -0.15) is 0 Å². The smallest absolute Gasteiger partial charge is 0.213 e. The predicted octanol–water partition coefficient (Wildman–Crippen LogP) is 3.81. The number of rotatable bonds is 5. The monoisotopic (exact) mass is 334 g/mol. The van der Waals surface area contributed by atoms with E-state index in [9.17, 15) is 0 Å². The van der Waals surface area contributed by atoms with Crippen LogP contribution >= 0.6 is 0 Å². The lowest BCUT2D eigenvalue weighted by molar-refractivity contribution is 0.318. The molecule has 5 nitrogen and oxygen atoms in total. The Kier molecular flexibility index (Phi) is 6.30. The molecular weight excluding hydrogens is 300 g/mol. The zero-order valence-electron chi connectivity index (χ0n) is 16.2. The number of likely N-dealkylation sites (tertiary alicyclic amines) is 1. The third-order valence-electron chi connectivity index (χ3n) is 5.14. The van der Waals surface area contributed by atoms with E-state index in [1.165, 1.54) is 19.3 Å². The summed E-state index contributed by atoms with van der Waals surface area (Å²) in [5.74, 6) is 4.21. The van der Waals surface area contributed by atoms with Crippen LogP contribution in [0.1, 0.15) is 65.5 Å². The minimum absolute atomic E-state index is 0.00951. The van der Waals surface area contributed by atoms with Crippen molar-refractivity contribution in [2.24, 2.45) is 16.8 Å². The number of aromatic nitrogens is 1. The van der Waals surface area contributed by atoms with Crippen LogP contribution in [0.5, 0.6) is 0 Å². The van der Waals surface area contributed by atoms with Crippen LogP contribution in [0.3, 0.4) is 0 Å². The summed E-state index contributed by atoms with van der Waals surface area (Å²) in [6.45, 7) is 13.8. The molecule has 1 N–H and O–H groups in total. The number of nitrogens with one attached hydrogen (secondary N) is 1. The van der Waals surface area contributed by atoms with Crippen LogP contribution in [0.2, 0.25) is 0 Å². The van der Waals surface area contributed by atoms with Crippen molar-refractivity contribution >= 4 is 5.96 Å². The first kappa shape index (κ1) is 18.8. The SMILES string of the molecule is CCC(CC)C1CCN(C(=NC)NCc2ncc(C(C)(C)C)o2)C1. The fourth-order valence-electron chi connectivity index (χ4n) is 3.55. The zero-order valence-corrected chi connectivity index (χ0v) is 16.2. The van der Waals surface area contributed by atoms with Gasteiger partial charge in [0.25, 0.3) is 0 Å². The molecule has 136 valence electrons. The van der Waals surface area contributed by atoms with Gasteiger partial charge in [-0.3, -0.25) is 4.99 Å². The van der Waals surface area contributed by atoms with Crippen LogP contribution in [0, 0.1) is 11.8 Å². The molecule has 24 heavy (non-hydrogen) atoms. The normalized spacial score (nSPS) is 19.4. The minimum Gasteiger partial charge on any atom is -0.443 e. The quantitative estimate of drug-likeness (QED) is 0.657. The average Bonchev–Trinajstić information content (AvgIpc) is 3.19. The molecular formula is C19H34N4O. The molecule has 5 heteroatoms. The number of aliphatic imine (C=N–C) groups is 1. The van der Waals surface area contributed by atoms with Crippen LogP contribution < -0.4 is 5.32 Å². The summed E-state index contributed by atoms with van der Waals surface area (Å²) in [5, 5.41) is 3.41. The van der Waals surface area contributed by atoms with Crippen LogP contribution in [0.25, 0.3) is 0 Å². The highest BCUT2D eigenvalue weighted by molar-refractivity contribution is 5.80. The first-order valence-electron chi connectivity index (χ1n) is 9.29. The van der Waals surface area contributed by atoms with E-state index < -0.39 is 0 Å². The molecule has 0 aromatic carbocycles. The Hall–Kier alpha value is -1.52. The molecule has 1 aromatic heterocycles. The van der Waals surface area contributed by atoms with Gasteiger partial charge in [-0.05, 0) is 18.3 Å². The average molecular weight is 335 g/mol. The van der Waals surface area contributed by atoms with E-state index in [1.807, 2.05) is 13.2 Å². The Morgan fingerprint density at radius 2 is 2.12 bits per heavy atom. The van der Waals surface area contributed by atoms with Gasteiger partial charge in [-0.25, -0.2) is 4.98 Å². The molecule has 1 aromatic rings. The third kappa shape index (κ3) is 4.52. The molecule has 1 atom stereocenters. The maximum atomic E-state index is 5.85. The summed E-state index contributed by atoms with van der Waals surface area (Å²) in [7, 11) is 1.85. The lowest BCUT2D eigenvalue weighted by atomic mass is 9.87. The number of hydrogen-bond acceptors (Lipinski definition) is 3. The first-order valence-corrected chi connectivity index (χ1v) is 9.29. The highest BCUT2D eigenvalue weighted by atomic mass is 16.4. The molecule has 0 amide bonds. The molecule has 2 heterocycles. The van der Waals surface area contributed by atoms with Gasteiger partial charge in [-0.15, -0.1) is 0 Å². The second-order valence-corrected chi connectivity index (χ2v) is 7.84. The van der Waals surface area contributed by atoms with Crippen molar-refractivity contribution < 1.29 is 4.42 Å². The molecule has 0 bridgehead atoms. The number of hydrogen-bond donors (Lipinski definition) is 1. The Morgan fingerprint density at radius 3 is 2.67 bits per heavy atom. The van der Waals surface area contributed by atoms with E-state index in [1.54, 1.807) is 0 Å². The summed E-state index contributed by atoms with van der Waals surface area (Å²) < 4.78 is 5.85. The Balaban J connectivity index is 1.90. The van der Waals surface area contributed by atoms with E-state index >= 15 is 0 Å². The summed E-state index contributed by atoms with van der Waals surface area (Å²) in [4.78, 5) is 11.2. The predicted molar refractivity (Wildman–Crippen MR) is 99.2 cm³/mol. The van der Waals surface area contributed by atoms with Crippen molar-refractivity contribution in [3.8, 4) is 0 Å². The topological polar surface area (TPSA) is 53.7 Å². The second-order valence-electron chi connectivity index (χ2n) is 7.84. The van der Waals surface area contributed by atoms with E-state index in [0.717, 1.165) is 42.5 Å². The lowest BCUT2D eigenvalue weighted by Gasteiger charge is -2.24. The molecule has 1 saturated heterocycles. The Morgan fingerprint density at radius 1 is 1.42 bits per heavy atom. The lowest BCUT2D eigenvalue weighted by Crippen LogP contribution is -2.40. The van der Waals surface area contributed by atoms with Crippen molar-refractivity contribution in [1.29, 1.82) is 0 Å². The van der Waals surface area contributed by atoms with Gasteiger partial charge in [0.2, 0.25) is 5.89 Å². The van der Waals surface area contributed by atoms with Crippen LogP contribution in [0.4, 0.5) is 0 Å². The highest BCUT2D eigenvalue weighted by Gasteiger charge is 2.29.